The fraction of sp³-hybridized carbons (Fsp3) is 0.300. The number of hydrogen-bond acceptors (Lipinski definition) is 4. The largest absolute Gasteiger partial charge is 0.383 e. The number of carbonyl (C=O) groups excluding carboxylic acids is 1. The second-order valence-electron chi connectivity index (χ2n) is 6.31. The Bertz CT molecular complexity index is 914. The molecular formula is C20H22ClN3O2S. The van der Waals surface area contributed by atoms with Crippen LogP contribution in [0.2, 0.25) is 5.02 Å². The predicted octanol–water partition coefficient (Wildman–Crippen LogP) is 3.98. The van der Waals surface area contributed by atoms with Crippen LogP contribution in [0.15, 0.2) is 53.7 Å². The summed E-state index contributed by atoms with van der Waals surface area (Å²) in [6.07, 6.45) is 0. The molecule has 0 saturated carbocycles. The standard InChI is InChI=1S/C20H22ClN3O2S/c1-14(12-26-2)22-19(25)13-27-20-23-17-10-16(21)8-9-18(17)24(20)11-15-6-4-3-5-7-15/h3-10,14H,11-13H2,1-2H3,(H,22,25)/t14-/m1/s1. The molecule has 0 aliphatic carbocycles. The van der Waals surface area contributed by atoms with Crippen molar-refractivity contribution in [3.05, 3.63) is 59.1 Å². The minimum atomic E-state index is -0.0408. The van der Waals surface area contributed by atoms with Crippen LogP contribution in [0.3, 0.4) is 0 Å². The number of benzene rings is 2. The topological polar surface area (TPSA) is 56.1 Å². The maximum Gasteiger partial charge on any atom is 0.230 e. The maximum atomic E-state index is 12.2. The summed E-state index contributed by atoms with van der Waals surface area (Å²) in [5.41, 5.74) is 3.00. The van der Waals surface area contributed by atoms with E-state index in [-0.39, 0.29) is 11.9 Å². The van der Waals surface area contributed by atoms with Crippen LogP contribution in [-0.2, 0) is 16.1 Å². The molecule has 0 aliphatic rings. The van der Waals surface area contributed by atoms with E-state index in [1.54, 1.807) is 7.11 Å². The summed E-state index contributed by atoms with van der Waals surface area (Å²) in [4.78, 5) is 16.9. The van der Waals surface area contributed by atoms with Gasteiger partial charge >= 0.3 is 0 Å². The molecule has 3 aromatic rings. The minimum Gasteiger partial charge on any atom is -0.383 e. The monoisotopic (exact) mass is 403 g/mol. The van der Waals surface area contributed by atoms with Crippen molar-refractivity contribution in [3.63, 3.8) is 0 Å². The second-order valence-corrected chi connectivity index (χ2v) is 7.69. The Morgan fingerprint density at radius 1 is 1.30 bits per heavy atom. The number of rotatable bonds is 8. The number of ether oxygens (including phenoxy) is 1. The van der Waals surface area contributed by atoms with Crippen LogP contribution in [0.25, 0.3) is 11.0 Å². The lowest BCUT2D eigenvalue weighted by Gasteiger charge is -2.13. The van der Waals surface area contributed by atoms with Gasteiger partial charge in [0.1, 0.15) is 0 Å². The summed E-state index contributed by atoms with van der Waals surface area (Å²) in [7, 11) is 1.62. The zero-order chi connectivity index (χ0) is 19.2. The molecule has 3 rings (SSSR count). The van der Waals surface area contributed by atoms with Crippen LogP contribution in [0.4, 0.5) is 0 Å². The number of thioether (sulfide) groups is 1. The highest BCUT2D eigenvalue weighted by atomic mass is 35.5. The van der Waals surface area contributed by atoms with E-state index in [0.717, 1.165) is 16.2 Å². The Balaban J connectivity index is 1.81. The third-order valence-corrected chi connectivity index (χ3v) is 5.23. The number of nitrogens with zero attached hydrogens (tertiary/aromatic N) is 2. The van der Waals surface area contributed by atoms with Crippen molar-refractivity contribution in [2.75, 3.05) is 19.5 Å². The molecule has 1 atom stereocenters. The fourth-order valence-corrected chi connectivity index (χ4v) is 3.84. The Kier molecular flexibility index (Phi) is 6.77. The number of nitrogens with one attached hydrogen (secondary N) is 1. The van der Waals surface area contributed by atoms with Gasteiger partial charge in [-0.15, -0.1) is 0 Å². The average molecular weight is 404 g/mol. The molecule has 0 fully saturated rings. The highest BCUT2D eigenvalue weighted by molar-refractivity contribution is 7.99. The van der Waals surface area contributed by atoms with Crippen LogP contribution in [0.1, 0.15) is 12.5 Å². The normalized spacial score (nSPS) is 12.3. The molecule has 0 spiro atoms. The number of aromatic nitrogens is 2. The molecular weight excluding hydrogens is 382 g/mol. The van der Waals surface area contributed by atoms with Gasteiger partial charge in [-0.05, 0) is 30.7 Å². The molecule has 1 aromatic heterocycles. The Hall–Kier alpha value is -2.02. The summed E-state index contributed by atoms with van der Waals surface area (Å²) in [5, 5.41) is 4.36. The molecule has 0 unspecified atom stereocenters. The summed E-state index contributed by atoms with van der Waals surface area (Å²) in [6.45, 7) is 3.09. The Labute approximate surface area is 168 Å². The Morgan fingerprint density at radius 3 is 2.81 bits per heavy atom. The number of hydrogen-bond donors (Lipinski definition) is 1. The van der Waals surface area contributed by atoms with E-state index >= 15 is 0 Å². The van der Waals surface area contributed by atoms with Crippen LogP contribution in [-0.4, -0.2) is 41.0 Å². The van der Waals surface area contributed by atoms with Crippen LogP contribution < -0.4 is 5.32 Å². The summed E-state index contributed by atoms with van der Waals surface area (Å²) in [5.74, 6) is 0.251. The van der Waals surface area contributed by atoms with E-state index in [2.05, 4.69) is 22.0 Å². The number of amides is 1. The van der Waals surface area contributed by atoms with Gasteiger partial charge < -0.3 is 14.6 Å². The molecule has 1 N–H and O–H groups in total. The van der Waals surface area contributed by atoms with Crippen molar-refractivity contribution >= 4 is 40.3 Å². The zero-order valence-corrected chi connectivity index (χ0v) is 16.9. The van der Waals surface area contributed by atoms with Gasteiger partial charge in [0.2, 0.25) is 5.91 Å². The molecule has 0 aliphatic heterocycles. The quantitative estimate of drug-likeness (QED) is 0.578. The van der Waals surface area contributed by atoms with Gasteiger partial charge in [-0.2, -0.15) is 0 Å². The van der Waals surface area contributed by atoms with Gasteiger partial charge in [0.05, 0.1) is 29.9 Å². The lowest BCUT2D eigenvalue weighted by Crippen LogP contribution is -2.36. The molecule has 0 radical (unpaired) electrons. The van der Waals surface area contributed by atoms with Gasteiger partial charge in [0.15, 0.2) is 5.16 Å². The van der Waals surface area contributed by atoms with Gasteiger partial charge in [-0.3, -0.25) is 4.79 Å². The summed E-state index contributed by atoms with van der Waals surface area (Å²) >= 11 is 7.54. The first-order valence-electron chi connectivity index (χ1n) is 8.67. The molecule has 142 valence electrons. The Morgan fingerprint density at radius 2 is 2.07 bits per heavy atom. The molecule has 7 heteroatoms. The average Bonchev–Trinajstić information content (AvgIpc) is 2.97. The SMILES string of the molecule is COC[C@@H](C)NC(=O)CSc1nc2cc(Cl)ccc2n1Cc1ccccc1. The molecule has 27 heavy (non-hydrogen) atoms. The van der Waals surface area contributed by atoms with Gasteiger partial charge in [0, 0.05) is 18.2 Å². The first kappa shape index (κ1) is 19.7. The van der Waals surface area contributed by atoms with Crippen molar-refractivity contribution in [1.82, 2.24) is 14.9 Å². The van der Waals surface area contributed by atoms with Crippen molar-refractivity contribution in [2.24, 2.45) is 0 Å². The van der Waals surface area contributed by atoms with E-state index in [1.807, 2.05) is 43.3 Å². The molecule has 0 bridgehead atoms. The van der Waals surface area contributed by atoms with Crippen LogP contribution in [0, 0.1) is 0 Å². The van der Waals surface area contributed by atoms with Gasteiger partial charge in [0.25, 0.3) is 0 Å². The highest BCUT2D eigenvalue weighted by Gasteiger charge is 2.15. The van der Waals surface area contributed by atoms with Gasteiger partial charge in [-0.1, -0.05) is 53.7 Å². The summed E-state index contributed by atoms with van der Waals surface area (Å²) < 4.78 is 7.18. The second kappa shape index (κ2) is 9.26. The number of fused-ring (bicyclic) bond motifs is 1. The predicted molar refractivity (Wildman–Crippen MR) is 110 cm³/mol. The minimum absolute atomic E-state index is 0.0231. The van der Waals surface area contributed by atoms with E-state index in [1.165, 1.54) is 17.3 Å². The number of methoxy groups -OCH3 is 1. The van der Waals surface area contributed by atoms with E-state index in [0.29, 0.717) is 23.9 Å². The smallest absolute Gasteiger partial charge is 0.230 e. The van der Waals surface area contributed by atoms with E-state index in [9.17, 15) is 4.79 Å². The molecule has 2 aromatic carbocycles. The lowest BCUT2D eigenvalue weighted by molar-refractivity contribution is -0.119. The maximum absolute atomic E-state index is 12.2. The summed E-state index contributed by atoms with van der Waals surface area (Å²) in [6, 6.07) is 15.8. The molecule has 0 saturated heterocycles. The molecule has 1 amide bonds. The number of imidazole rings is 1. The zero-order valence-electron chi connectivity index (χ0n) is 15.3. The van der Waals surface area contributed by atoms with Crippen molar-refractivity contribution < 1.29 is 9.53 Å². The van der Waals surface area contributed by atoms with Crippen LogP contribution in [0.5, 0.6) is 0 Å². The molecule has 1 heterocycles. The van der Waals surface area contributed by atoms with Gasteiger partial charge in [-0.25, -0.2) is 4.98 Å². The highest BCUT2D eigenvalue weighted by Crippen LogP contribution is 2.27. The van der Waals surface area contributed by atoms with Crippen molar-refractivity contribution in [1.29, 1.82) is 0 Å². The number of halogens is 1. The van der Waals surface area contributed by atoms with E-state index < -0.39 is 0 Å². The first-order chi connectivity index (χ1) is 13.1. The number of carbonyl (C=O) groups is 1. The van der Waals surface area contributed by atoms with Crippen LogP contribution >= 0.6 is 23.4 Å². The fourth-order valence-electron chi connectivity index (χ4n) is 2.85. The third kappa shape index (κ3) is 5.25. The first-order valence-corrected chi connectivity index (χ1v) is 10.0. The van der Waals surface area contributed by atoms with Crippen molar-refractivity contribution in [2.45, 2.75) is 24.7 Å². The van der Waals surface area contributed by atoms with Crippen molar-refractivity contribution in [3.8, 4) is 0 Å². The lowest BCUT2D eigenvalue weighted by atomic mass is 10.2. The molecule has 5 nitrogen and oxygen atoms in total. The third-order valence-electron chi connectivity index (χ3n) is 4.02. The van der Waals surface area contributed by atoms with E-state index in [4.69, 9.17) is 21.3 Å².